The Morgan fingerprint density at radius 3 is 2.46 bits per heavy atom. The fraction of sp³-hybridized carbons (Fsp3) is 0.562. The summed E-state index contributed by atoms with van der Waals surface area (Å²) in [6.07, 6.45) is 1.80. The summed E-state index contributed by atoms with van der Waals surface area (Å²) in [5.74, 6) is -0.302. The third-order valence-electron chi connectivity index (χ3n) is 4.44. The largest absolute Gasteiger partial charge is 0.337 e. The van der Waals surface area contributed by atoms with Gasteiger partial charge in [0.05, 0.1) is 0 Å². The third kappa shape index (κ3) is 4.42. The molecule has 1 amide bonds. The normalized spacial score (nSPS) is 17.0. The number of carbonyl (C=O) groups is 1. The van der Waals surface area contributed by atoms with Gasteiger partial charge in [-0.2, -0.15) is 0 Å². The summed E-state index contributed by atoms with van der Waals surface area (Å²) in [4.78, 5) is 14.7. The van der Waals surface area contributed by atoms with Crippen LogP contribution in [0.2, 0.25) is 5.02 Å². The molecule has 0 aliphatic carbocycles. The van der Waals surface area contributed by atoms with Crippen LogP contribution in [0, 0.1) is 0 Å². The zero-order valence-corrected chi connectivity index (χ0v) is 16.3. The van der Waals surface area contributed by atoms with E-state index in [0.717, 1.165) is 5.56 Å². The average molecular weight is 395 g/mol. The van der Waals surface area contributed by atoms with Gasteiger partial charge in [0, 0.05) is 24.4 Å². The van der Waals surface area contributed by atoms with Gasteiger partial charge in [0.25, 0.3) is 0 Å². The van der Waals surface area contributed by atoms with Crippen molar-refractivity contribution in [2.75, 3.05) is 25.9 Å². The number of hydrogen-bond donors (Lipinski definition) is 1. The molecule has 136 valence electrons. The Morgan fingerprint density at radius 1 is 1.33 bits per heavy atom. The molecule has 1 fully saturated rings. The van der Waals surface area contributed by atoms with Crippen LogP contribution in [0.3, 0.4) is 0 Å². The lowest BCUT2D eigenvalue weighted by Gasteiger charge is -2.38. The SMILES string of the molecule is CCN(Cc1cccc(Cl)c1)C(=O)C1(S(C)(=O)=O)CCNCC1.Cl. The molecular weight excluding hydrogens is 371 g/mol. The Morgan fingerprint density at radius 2 is 1.96 bits per heavy atom. The van der Waals surface area contributed by atoms with Crippen molar-refractivity contribution < 1.29 is 13.2 Å². The highest BCUT2D eigenvalue weighted by molar-refractivity contribution is 7.92. The predicted molar refractivity (Wildman–Crippen MR) is 99.5 cm³/mol. The number of nitrogens with one attached hydrogen (secondary N) is 1. The van der Waals surface area contributed by atoms with Crippen molar-refractivity contribution in [1.29, 1.82) is 0 Å². The van der Waals surface area contributed by atoms with Crippen molar-refractivity contribution in [2.24, 2.45) is 0 Å². The molecule has 8 heteroatoms. The van der Waals surface area contributed by atoms with Gasteiger partial charge in [0.2, 0.25) is 5.91 Å². The van der Waals surface area contributed by atoms with Crippen LogP contribution in [-0.2, 0) is 21.2 Å². The molecule has 24 heavy (non-hydrogen) atoms. The number of piperidine rings is 1. The second-order valence-electron chi connectivity index (χ2n) is 5.97. The van der Waals surface area contributed by atoms with E-state index in [9.17, 15) is 13.2 Å². The highest BCUT2D eigenvalue weighted by Gasteiger charge is 2.50. The number of hydrogen-bond acceptors (Lipinski definition) is 4. The monoisotopic (exact) mass is 394 g/mol. The first-order chi connectivity index (χ1) is 10.8. The average Bonchev–Trinajstić information content (AvgIpc) is 2.51. The Bertz CT molecular complexity index is 674. The second-order valence-corrected chi connectivity index (χ2v) is 8.73. The molecular formula is C16H24Cl2N2O3S. The summed E-state index contributed by atoms with van der Waals surface area (Å²) in [6, 6.07) is 7.28. The molecule has 5 nitrogen and oxygen atoms in total. The Kier molecular flexibility index (Phi) is 7.53. The first kappa shape index (κ1) is 21.2. The smallest absolute Gasteiger partial charge is 0.244 e. The van der Waals surface area contributed by atoms with Crippen LogP contribution in [0.5, 0.6) is 0 Å². The van der Waals surface area contributed by atoms with Crippen molar-refractivity contribution >= 4 is 39.8 Å². The van der Waals surface area contributed by atoms with Gasteiger partial charge in [-0.15, -0.1) is 12.4 Å². The molecule has 0 spiro atoms. The van der Waals surface area contributed by atoms with Crippen molar-refractivity contribution in [1.82, 2.24) is 10.2 Å². The van der Waals surface area contributed by atoms with E-state index in [2.05, 4.69) is 5.32 Å². The van der Waals surface area contributed by atoms with Crippen molar-refractivity contribution in [3.8, 4) is 0 Å². The Hall–Kier alpha value is -0.820. The number of halogens is 2. The molecule has 0 aromatic heterocycles. The van der Waals surface area contributed by atoms with Gasteiger partial charge < -0.3 is 10.2 Å². The predicted octanol–water partition coefficient (Wildman–Crippen LogP) is 2.28. The fourth-order valence-electron chi connectivity index (χ4n) is 3.04. The summed E-state index contributed by atoms with van der Waals surface area (Å²) in [5.41, 5.74) is 0.894. The lowest BCUT2D eigenvalue weighted by atomic mass is 9.95. The van der Waals surface area contributed by atoms with Crippen molar-refractivity contribution in [3.63, 3.8) is 0 Å². The number of rotatable bonds is 5. The molecule has 1 N–H and O–H groups in total. The number of sulfone groups is 1. The van der Waals surface area contributed by atoms with Gasteiger partial charge in [-0.1, -0.05) is 23.7 Å². The quantitative estimate of drug-likeness (QED) is 0.831. The lowest BCUT2D eigenvalue weighted by molar-refractivity contribution is -0.135. The van der Waals surface area contributed by atoms with Crippen LogP contribution < -0.4 is 5.32 Å². The van der Waals surface area contributed by atoms with Crippen LogP contribution in [-0.4, -0.2) is 49.9 Å². The zero-order valence-electron chi connectivity index (χ0n) is 13.9. The Labute approximate surface area is 155 Å². The van der Waals surface area contributed by atoms with E-state index >= 15 is 0 Å². The maximum absolute atomic E-state index is 13.1. The number of benzene rings is 1. The maximum atomic E-state index is 13.1. The third-order valence-corrected chi connectivity index (χ3v) is 6.68. The molecule has 1 heterocycles. The minimum Gasteiger partial charge on any atom is -0.337 e. The molecule has 0 atom stereocenters. The Balaban J connectivity index is 0.00000288. The summed E-state index contributed by atoms with van der Waals surface area (Å²) in [6.45, 7) is 3.75. The van der Waals surface area contributed by atoms with Crippen molar-refractivity contribution in [2.45, 2.75) is 31.1 Å². The molecule has 2 rings (SSSR count). The van der Waals surface area contributed by atoms with Gasteiger partial charge in [-0.3, -0.25) is 4.79 Å². The van der Waals surface area contributed by atoms with Gasteiger partial charge in [-0.05, 0) is 50.6 Å². The lowest BCUT2D eigenvalue weighted by Crippen LogP contribution is -2.58. The molecule has 1 saturated heterocycles. The van der Waals surface area contributed by atoms with E-state index in [1.54, 1.807) is 17.0 Å². The minimum atomic E-state index is -3.50. The van der Waals surface area contributed by atoms with E-state index < -0.39 is 14.6 Å². The van der Waals surface area contributed by atoms with Gasteiger partial charge in [0.1, 0.15) is 0 Å². The molecule has 1 aliphatic heterocycles. The summed E-state index contributed by atoms with van der Waals surface area (Å²) in [5, 5.41) is 3.73. The van der Waals surface area contributed by atoms with Gasteiger partial charge in [-0.25, -0.2) is 8.42 Å². The van der Waals surface area contributed by atoms with E-state index in [1.165, 1.54) is 6.26 Å². The van der Waals surface area contributed by atoms with Crippen molar-refractivity contribution in [3.05, 3.63) is 34.9 Å². The first-order valence-electron chi connectivity index (χ1n) is 7.74. The van der Waals surface area contributed by atoms with Gasteiger partial charge >= 0.3 is 0 Å². The van der Waals surface area contributed by atoms with Crippen LogP contribution in [0.25, 0.3) is 0 Å². The molecule has 1 aromatic carbocycles. The van der Waals surface area contributed by atoms with Crippen LogP contribution in [0.4, 0.5) is 0 Å². The van der Waals surface area contributed by atoms with Gasteiger partial charge in [0.15, 0.2) is 14.6 Å². The van der Waals surface area contributed by atoms with Crippen LogP contribution >= 0.6 is 24.0 Å². The minimum absolute atomic E-state index is 0. The molecule has 1 aliphatic rings. The van der Waals surface area contributed by atoms with Crippen LogP contribution in [0.15, 0.2) is 24.3 Å². The topological polar surface area (TPSA) is 66.5 Å². The van der Waals surface area contributed by atoms with Crippen LogP contribution in [0.1, 0.15) is 25.3 Å². The highest BCUT2D eigenvalue weighted by atomic mass is 35.5. The van der Waals surface area contributed by atoms with E-state index in [1.807, 2.05) is 19.1 Å². The van der Waals surface area contributed by atoms with E-state index in [-0.39, 0.29) is 18.3 Å². The number of carbonyl (C=O) groups excluding carboxylic acids is 1. The number of amides is 1. The summed E-state index contributed by atoms with van der Waals surface area (Å²) < 4.78 is 23.4. The maximum Gasteiger partial charge on any atom is 0.244 e. The molecule has 1 aromatic rings. The van der Waals surface area contributed by atoms with E-state index in [0.29, 0.717) is 44.0 Å². The standard InChI is InChI=1S/C16H23ClN2O3S.ClH/c1-3-19(12-13-5-4-6-14(17)11-13)15(20)16(23(2,21)22)7-9-18-10-8-16;/h4-6,11,18H,3,7-10,12H2,1-2H3;1H. The first-order valence-corrected chi connectivity index (χ1v) is 10.0. The summed E-state index contributed by atoms with van der Waals surface area (Å²) >= 11 is 5.99. The number of nitrogens with zero attached hydrogens (tertiary/aromatic N) is 1. The zero-order chi connectivity index (χ0) is 17.1. The molecule has 0 bridgehead atoms. The second kappa shape index (κ2) is 8.52. The van der Waals surface area contributed by atoms with E-state index in [4.69, 9.17) is 11.6 Å². The molecule has 0 unspecified atom stereocenters. The fourth-order valence-corrected chi connectivity index (χ4v) is 4.65. The highest BCUT2D eigenvalue weighted by Crippen LogP contribution is 2.30. The molecule has 0 saturated carbocycles. The summed E-state index contributed by atoms with van der Waals surface area (Å²) in [7, 11) is -3.50. The molecule has 0 radical (unpaired) electrons.